The molecule has 0 saturated carbocycles. The van der Waals surface area contributed by atoms with Gasteiger partial charge in [0, 0.05) is 30.2 Å². The van der Waals surface area contributed by atoms with Crippen molar-refractivity contribution in [1.29, 1.82) is 0 Å². The molecule has 0 spiro atoms. The second-order valence-corrected chi connectivity index (χ2v) is 6.11. The van der Waals surface area contributed by atoms with Crippen molar-refractivity contribution in [3.63, 3.8) is 0 Å². The van der Waals surface area contributed by atoms with E-state index in [0.29, 0.717) is 17.0 Å². The second-order valence-electron chi connectivity index (χ2n) is 6.11. The van der Waals surface area contributed by atoms with Crippen molar-refractivity contribution >= 4 is 27.7 Å². The molecule has 1 N–H and O–H groups in total. The number of anilines is 1. The third-order valence-corrected chi connectivity index (χ3v) is 4.59. The molecule has 0 aliphatic carbocycles. The first kappa shape index (κ1) is 13.4. The molecular formula is C19H15N3O2. The van der Waals surface area contributed by atoms with E-state index in [-0.39, 0.29) is 5.63 Å². The zero-order chi connectivity index (χ0) is 16.1. The summed E-state index contributed by atoms with van der Waals surface area (Å²) in [6, 6.07) is 15.6. The zero-order valence-corrected chi connectivity index (χ0v) is 13.0. The molecule has 0 atom stereocenters. The lowest BCUT2D eigenvalue weighted by atomic mass is 10.1. The van der Waals surface area contributed by atoms with E-state index in [1.54, 1.807) is 0 Å². The number of hydrogen-bond donors (Lipinski definition) is 1. The highest BCUT2D eigenvalue weighted by atomic mass is 16.4. The van der Waals surface area contributed by atoms with Crippen molar-refractivity contribution < 1.29 is 4.42 Å². The minimum atomic E-state index is -0.373. The predicted molar refractivity (Wildman–Crippen MR) is 94.4 cm³/mol. The maximum atomic E-state index is 12.4. The molecule has 24 heavy (non-hydrogen) atoms. The Morgan fingerprint density at radius 1 is 1.08 bits per heavy atom. The molecule has 118 valence electrons. The van der Waals surface area contributed by atoms with Crippen LogP contribution in [0.5, 0.6) is 0 Å². The lowest BCUT2D eigenvalue weighted by molar-refractivity contribution is 0.561. The maximum Gasteiger partial charge on any atom is 0.347 e. The van der Waals surface area contributed by atoms with Crippen LogP contribution in [-0.2, 0) is 0 Å². The molecule has 1 aliphatic heterocycles. The number of rotatable bonds is 2. The van der Waals surface area contributed by atoms with Crippen LogP contribution in [0.25, 0.3) is 33.4 Å². The normalized spacial score (nSPS) is 14.2. The maximum absolute atomic E-state index is 12.4. The Hall–Kier alpha value is -3.08. The second kappa shape index (κ2) is 4.96. The van der Waals surface area contributed by atoms with Gasteiger partial charge < -0.3 is 14.3 Å². The van der Waals surface area contributed by atoms with Gasteiger partial charge in [-0.1, -0.05) is 12.1 Å². The highest BCUT2D eigenvalue weighted by molar-refractivity contribution is 5.85. The number of aromatic amines is 1. The molecule has 5 heteroatoms. The molecule has 2 aromatic carbocycles. The van der Waals surface area contributed by atoms with Crippen LogP contribution in [-0.4, -0.2) is 23.1 Å². The zero-order valence-electron chi connectivity index (χ0n) is 13.0. The van der Waals surface area contributed by atoms with E-state index < -0.39 is 0 Å². The van der Waals surface area contributed by atoms with Crippen molar-refractivity contribution in [2.75, 3.05) is 18.0 Å². The Morgan fingerprint density at radius 2 is 1.96 bits per heavy atom. The minimum Gasteiger partial charge on any atom is -0.422 e. The smallest absolute Gasteiger partial charge is 0.347 e. The summed E-state index contributed by atoms with van der Waals surface area (Å²) in [7, 11) is 0. The van der Waals surface area contributed by atoms with Gasteiger partial charge in [-0.2, -0.15) is 0 Å². The summed E-state index contributed by atoms with van der Waals surface area (Å²) >= 11 is 0. The Kier molecular flexibility index (Phi) is 2.76. The quantitative estimate of drug-likeness (QED) is 0.574. The van der Waals surface area contributed by atoms with Crippen molar-refractivity contribution in [2.45, 2.75) is 6.42 Å². The van der Waals surface area contributed by atoms with Gasteiger partial charge in [0.1, 0.15) is 17.0 Å². The van der Waals surface area contributed by atoms with Crippen molar-refractivity contribution in [1.82, 2.24) is 9.97 Å². The predicted octanol–water partition coefficient (Wildman–Crippen LogP) is 3.55. The summed E-state index contributed by atoms with van der Waals surface area (Å²) in [4.78, 5) is 22.4. The number of aromatic nitrogens is 2. The first-order valence-corrected chi connectivity index (χ1v) is 8.06. The number of H-pyrrole nitrogens is 1. The Balaban J connectivity index is 1.65. The molecular weight excluding hydrogens is 302 g/mol. The molecule has 3 heterocycles. The molecule has 5 nitrogen and oxygen atoms in total. The molecule has 5 rings (SSSR count). The molecule has 1 aliphatic rings. The lowest BCUT2D eigenvalue weighted by Crippen LogP contribution is -2.36. The van der Waals surface area contributed by atoms with Gasteiger partial charge in [0.2, 0.25) is 0 Å². The molecule has 2 aromatic heterocycles. The summed E-state index contributed by atoms with van der Waals surface area (Å²) in [6.45, 7) is 2.12. The average molecular weight is 317 g/mol. The fourth-order valence-corrected chi connectivity index (χ4v) is 3.12. The van der Waals surface area contributed by atoms with Gasteiger partial charge in [0.15, 0.2) is 0 Å². The van der Waals surface area contributed by atoms with Crippen LogP contribution in [0, 0.1) is 0 Å². The van der Waals surface area contributed by atoms with E-state index >= 15 is 0 Å². The molecule has 0 unspecified atom stereocenters. The monoisotopic (exact) mass is 317 g/mol. The van der Waals surface area contributed by atoms with Crippen LogP contribution in [0.4, 0.5) is 5.69 Å². The highest BCUT2D eigenvalue weighted by Gasteiger charge is 2.16. The SMILES string of the molecule is O=c1oc2cc(N3CCC3)ccc2cc1-c1nc2ccccc2[nH]1. The van der Waals surface area contributed by atoms with Gasteiger partial charge >= 0.3 is 5.63 Å². The number of fused-ring (bicyclic) bond motifs is 2. The highest BCUT2D eigenvalue weighted by Crippen LogP contribution is 2.27. The summed E-state index contributed by atoms with van der Waals surface area (Å²) in [5.41, 5.74) is 3.54. The standard InChI is InChI=1S/C19H15N3O2/c23-19-14(18-20-15-4-1-2-5-16(15)21-18)10-12-6-7-13(11-17(12)24-19)22-8-3-9-22/h1-2,4-7,10-11H,3,8-9H2,(H,20,21). The number of nitrogens with zero attached hydrogens (tertiary/aromatic N) is 2. The number of nitrogens with one attached hydrogen (secondary N) is 1. The average Bonchev–Trinajstić information content (AvgIpc) is 2.96. The van der Waals surface area contributed by atoms with Gasteiger partial charge in [-0.15, -0.1) is 0 Å². The van der Waals surface area contributed by atoms with Crippen molar-refractivity contribution in [3.05, 3.63) is 59.0 Å². The first-order valence-electron chi connectivity index (χ1n) is 8.06. The van der Waals surface area contributed by atoms with Crippen molar-refractivity contribution in [2.24, 2.45) is 0 Å². The van der Waals surface area contributed by atoms with Crippen molar-refractivity contribution in [3.8, 4) is 11.4 Å². The number of benzene rings is 2. The topological polar surface area (TPSA) is 62.1 Å². The fourth-order valence-electron chi connectivity index (χ4n) is 3.12. The summed E-state index contributed by atoms with van der Waals surface area (Å²) < 4.78 is 5.56. The van der Waals surface area contributed by atoms with Crippen LogP contribution in [0.1, 0.15) is 6.42 Å². The summed E-state index contributed by atoms with van der Waals surface area (Å²) in [6.07, 6.45) is 1.22. The summed E-state index contributed by atoms with van der Waals surface area (Å²) in [5.74, 6) is 0.540. The minimum absolute atomic E-state index is 0.373. The molecule has 4 aromatic rings. The number of hydrogen-bond acceptors (Lipinski definition) is 4. The van der Waals surface area contributed by atoms with Crippen LogP contribution in [0.3, 0.4) is 0 Å². The van der Waals surface area contributed by atoms with E-state index in [0.717, 1.165) is 35.2 Å². The largest absolute Gasteiger partial charge is 0.422 e. The Bertz CT molecular complexity index is 1090. The fraction of sp³-hybridized carbons (Fsp3) is 0.158. The van der Waals surface area contributed by atoms with Crippen LogP contribution >= 0.6 is 0 Å². The number of imidazole rings is 1. The third-order valence-electron chi connectivity index (χ3n) is 4.59. The Labute approximate surface area is 137 Å². The molecule has 1 saturated heterocycles. The van der Waals surface area contributed by atoms with E-state index in [9.17, 15) is 4.79 Å². The first-order chi connectivity index (χ1) is 11.8. The lowest BCUT2D eigenvalue weighted by Gasteiger charge is -2.33. The number of para-hydroxylation sites is 2. The molecule has 0 bridgehead atoms. The molecule has 0 amide bonds. The van der Waals surface area contributed by atoms with E-state index in [1.165, 1.54) is 6.42 Å². The van der Waals surface area contributed by atoms with E-state index in [2.05, 4.69) is 20.9 Å². The van der Waals surface area contributed by atoms with Crippen LogP contribution < -0.4 is 10.5 Å². The Morgan fingerprint density at radius 3 is 2.75 bits per heavy atom. The van der Waals surface area contributed by atoms with Gasteiger partial charge in [-0.3, -0.25) is 0 Å². The van der Waals surface area contributed by atoms with Gasteiger partial charge in [-0.05, 0) is 36.8 Å². The molecule has 1 fully saturated rings. The van der Waals surface area contributed by atoms with Gasteiger partial charge in [-0.25, -0.2) is 9.78 Å². The van der Waals surface area contributed by atoms with E-state index in [4.69, 9.17) is 4.42 Å². The van der Waals surface area contributed by atoms with Gasteiger partial charge in [0.25, 0.3) is 0 Å². The third kappa shape index (κ3) is 2.01. The van der Waals surface area contributed by atoms with Crippen LogP contribution in [0.15, 0.2) is 57.7 Å². The molecule has 0 radical (unpaired) electrons. The van der Waals surface area contributed by atoms with Crippen LogP contribution in [0.2, 0.25) is 0 Å². The van der Waals surface area contributed by atoms with Gasteiger partial charge in [0.05, 0.1) is 11.0 Å². The summed E-state index contributed by atoms with van der Waals surface area (Å²) in [5, 5.41) is 0.898. The van der Waals surface area contributed by atoms with E-state index in [1.807, 2.05) is 42.5 Å².